The predicted octanol–water partition coefficient (Wildman–Crippen LogP) is -4.88. The third kappa shape index (κ3) is 5.98. The van der Waals surface area contributed by atoms with Crippen LogP contribution in [0.4, 0.5) is 0 Å². The van der Waals surface area contributed by atoms with Crippen molar-refractivity contribution in [2.45, 2.75) is 13.1 Å². The maximum Gasteiger partial charge on any atom is 1.00 e. The standard InChI is InChI=1S/C4H8N2O2.Na/c1-2-6-3(5)4(7)8;/h2-3H,5H2,1H3,(H,7,8);/q;+1/p-1. The maximum atomic E-state index is 9.74. The Labute approximate surface area is 75.4 Å². The Balaban J connectivity index is 0. The van der Waals surface area contributed by atoms with Crippen molar-refractivity contribution in [2.75, 3.05) is 0 Å². The first-order valence-corrected chi connectivity index (χ1v) is 2.12. The molecule has 0 aliphatic carbocycles. The van der Waals surface area contributed by atoms with E-state index in [1.807, 2.05) is 0 Å². The number of aliphatic imine (C=N–C) groups is 1. The Bertz CT molecular complexity index is 115. The van der Waals surface area contributed by atoms with Crippen molar-refractivity contribution in [2.24, 2.45) is 10.7 Å². The summed E-state index contributed by atoms with van der Waals surface area (Å²) >= 11 is 0. The van der Waals surface area contributed by atoms with Crippen molar-refractivity contribution >= 4 is 12.2 Å². The molecule has 0 saturated heterocycles. The van der Waals surface area contributed by atoms with Gasteiger partial charge in [-0.05, 0) is 13.1 Å². The molecule has 1 unspecified atom stereocenters. The van der Waals surface area contributed by atoms with E-state index in [1.54, 1.807) is 6.92 Å². The molecule has 0 bridgehead atoms. The molecule has 0 spiro atoms. The van der Waals surface area contributed by atoms with Crippen LogP contribution in [0.3, 0.4) is 0 Å². The van der Waals surface area contributed by atoms with E-state index in [0.29, 0.717) is 0 Å². The Hall–Kier alpha value is 0.100. The van der Waals surface area contributed by atoms with E-state index in [-0.39, 0.29) is 29.6 Å². The summed E-state index contributed by atoms with van der Waals surface area (Å²) in [6.07, 6.45) is 0.112. The minimum atomic E-state index is -1.36. The molecule has 5 heteroatoms. The third-order valence-electron chi connectivity index (χ3n) is 0.551. The summed E-state index contributed by atoms with van der Waals surface area (Å²) in [5.74, 6) is -1.36. The van der Waals surface area contributed by atoms with Gasteiger partial charge in [0.25, 0.3) is 0 Å². The molecule has 2 N–H and O–H groups in total. The summed E-state index contributed by atoms with van der Waals surface area (Å²) in [4.78, 5) is 13.1. The van der Waals surface area contributed by atoms with Crippen molar-refractivity contribution in [1.29, 1.82) is 0 Å². The zero-order valence-corrected chi connectivity index (χ0v) is 7.50. The van der Waals surface area contributed by atoms with E-state index in [9.17, 15) is 9.90 Å². The molecule has 0 heterocycles. The minimum Gasteiger partial charge on any atom is -0.546 e. The van der Waals surface area contributed by atoms with Crippen molar-refractivity contribution < 1.29 is 39.5 Å². The Morgan fingerprint density at radius 2 is 2.33 bits per heavy atom. The van der Waals surface area contributed by atoms with E-state index in [0.717, 1.165) is 0 Å². The molecular weight excluding hydrogens is 131 g/mol. The molecule has 46 valence electrons. The summed E-state index contributed by atoms with van der Waals surface area (Å²) in [7, 11) is 0. The molecule has 9 heavy (non-hydrogen) atoms. The van der Waals surface area contributed by atoms with Crippen molar-refractivity contribution in [3.8, 4) is 0 Å². The number of carboxylic acids is 1. The number of rotatable bonds is 2. The second-order valence-electron chi connectivity index (χ2n) is 1.17. The molecule has 0 aromatic carbocycles. The Morgan fingerprint density at radius 3 is 2.44 bits per heavy atom. The number of nitrogens with zero attached hydrogens (tertiary/aromatic N) is 1. The van der Waals surface area contributed by atoms with Gasteiger partial charge < -0.3 is 15.6 Å². The number of carbonyl (C=O) groups is 1. The molecule has 0 fully saturated rings. The van der Waals surface area contributed by atoms with Gasteiger partial charge in [-0.3, -0.25) is 4.99 Å². The fourth-order valence-electron chi connectivity index (χ4n) is 0.221. The molecule has 0 amide bonds. The summed E-state index contributed by atoms with van der Waals surface area (Å²) in [5.41, 5.74) is 4.87. The normalized spacial score (nSPS) is 12.7. The monoisotopic (exact) mass is 138 g/mol. The van der Waals surface area contributed by atoms with E-state index in [2.05, 4.69) is 4.99 Å². The van der Waals surface area contributed by atoms with Gasteiger partial charge in [-0.15, -0.1) is 0 Å². The molecule has 1 atom stereocenters. The van der Waals surface area contributed by atoms with Crippen molar-refractivity contribution in [3.05, 3.63) is 0 Å². The van der Waals surface area contributed by atoms with Crippen LogP contribution in [0.1, 0.15) is 6.92 Å². The smallest absolute Gasteiger partial charge is 0.546 e. The zero-order valence-electron chi connectivity index (χ0n) is 5.50. The average molecular weight is 138 g/mol. The van der Waals surface area contributed by atoms with Crippen LogP contribution in [0.5, 0.6) is 0 Å². The number of hydrogen-bond acceptors (Lipinski definition) is 4. The van der Waals surface area contributed by atoms with Crippen LogP contribution in [0.25, 0.3) is 0 Å². The molecule has 0 aromatic rings. The van der Waals surface area contributed by atoms with Gasteiger partial charge in [-0.2, -0.15) is 0 Å². The van der Waals surface area contributed by atoms with Crippen LogP contribution in [0.2, 0.25) is 0 Å². The topological polar surface area (TPSA) is 78.5 Å². The molecule has 0 rings (SSSR count). The molecule has 4 nitrogen and oxygen atoms in total. The number of aliphatic carboxylic acids is 1. The fraction of sp³-hybridized carbons (Fsp3) is 0.500. The molecule has 0 aliphatic rings. The Morgan fingerprint density at radius 1 is 1.89 bits per heavy atom. The van der Waals surface area contributed by atoms with Crippen LogP contribution >= 0.6 is 0 Å². The largest absolute Gasteiger partial charge is 1.00 e. The minimum absolute atomic E-state index is 0. The van der Waals surface area contributed by atoms with Crippen LogP contribution in [0.15, 0.2) is 4.99 Å². The van der Waals surface area contributed by atoms with Crippen LogP contribution in [-0.4, -0.2) is 18.3 Å². The van der Waals surface area contributed by atoms with E-state index < -0.39 is 12.1 Å². The van der Waals surface area contributed by atoms with Crippen LogP contribution < -0.4 is 40.4 Å². The predicted molar refractivity (Wildman–Crippen MR) is 27.1 cm³/mol. The quantitative estimate of drug-likeness (QED) is 0.307. The van der Waals surface area contributed by atoms with E-state index in [1.165, 1.54) is 6.21 Å². The van der Waals surface area contributed by atoms with Gasteiger partial charge >= 0.3 is 29.6 Å². The van der Waals surface area contributed by atoms with Gasteiger partial charge in [0.2, 0.25) is 0 Å². The third-order valence-corrected chi connectivity index (χ3v) is 0.551. The first kappa shape index (κ1) is 11.8. The maximum absolute atomic E-state index is 9.74. The second kappa shape index (κ2) is 6.22. The number of carbonyl (C=O) groups excluding carboxylic acids is 1. The summed E-state index contributed by atoms with van der Waals surface area (Å²) in [6, 6.07) is 0. The van der Waals surface area contributed by atoms with Crippen LogP contribution in [-0.2, 0) is 4.79 Å². The number of nitrogens with two attached hydrogens (primary N) is 1. The summed E-state index contributed by atoms with van der Waals surface area (Å²) in [6.45, 7) is 1.59. The molecule has 0 aliphatic heterocycles. The van der Waals surface area contributed by atoms with Gasteiger partial charge in [0.1, 0.15) is 6.17 Å². The number of hydrogen-bond donors (Lipinski definition) is 1. The SMILES string of the molecule is CC=NC(N)C(=O)[O-].[Na+]. The summed E-state index contributed by atoms with van der Waals surface area (Å²) < 4.78 is 0. The zero-order chi connectivity index (χ0) is 6.57. The van der Waals surface area contributed by atoms with Gasteiger partial charge in [0.05, 0.1) is 5.97 Å². The first-order valence-electron chi connectivity index (χ1n) is 2.12. The van der Waals surface area contributed by atoms with Crippen molar-refractivity contribution in [1.82, 2.24) is 0 Å². The second-order valence-corrected chi connectivity index (χ2v) is 1.17. The average Bonchev–Trinajstić information content (AvgIpc) is 1.67. The fourth-order valence-corrected chi connectivity index (χ4v) is 0.221. The van der Waals surface area contributed by atoms with E-state index >= 15 is 0 Å². The van der Waals surface area contributed by atoms with Gasteiger partial charge in [0, 0.05) is 0 Å². The Kier molecular flexibility index (Phi) is 8.19. The molecule has 0 saturated carbocycles. The van der Waals surface area contributed by atoms with E-state index in [4.69, 9.17) is 5.73 Å². The molecular formula is C4H7N2NaO2. The van der Waals surface area contributed by atoms with Crippen molar-refractivity contribution in [3.63, 3.8) is 0 Å². The van der Waals surface area contributed by atoms with Gasteiger partial charge in [-0.1, -0.05) is 0 Å². The number of carboxylic acid groups (broad SMARTS) is 1. The molecule has 0 radical (unpaired) electrons. The summed E-state index contributed by atoms with van der Waals surface area (Å²) in [5, 5.41) is 9.74. The first-order chi connectivity index (χ1) is 3.68. The van der Waals surface area contributed by atoms with Gasteiger partial charge in [-0.25, -0.2) is 0 Å². The molecule has 0 aromatic heterocycles. The van der Waals surface area contributed by atoms with Gasteiger partial charge in [0.15, 0.2) is 0 Å². The van der Waals surface area contributed by atoms with Crippen LogP contribution in [0, 0.1) is 0 Å².